The third-order valence-corrected chi connectivity index (χ3v) is 6.24. The molecule has 0 aliphatic carbocycles. The fourth-order valence-electron chi connectivity index (χ4n) is 4.38. The van der Waals surface area contributed by atoms with Gasteiger partial charge in [0.2, 0.25) is 11.8 Å². The van der Waals surface area contributed by atoms with Crippen LogP contribution in [0.3, 0.4) is 0 Å². The molecule has 1 aliphatic heterocycles. The van der Waals surface area contributed by atoms with Crippen molar-refractivity contribution in [1.82, 2.24) is 15.0 Å². The van der Waals surface area contributed by atoms with Crippen LogP contribution in [0.2, 0.25) is 0 Å². The number of benzene rings is 2. The maximum atomic E-state index is 13.0. The first-order valence-corrected chi connectivity index (χ1v) is 11.7. The summed E-state index contributed by atoms with van der Waals surface area (Å²) in [5.74, 6) is 0.916. The van der Waals surface area contributed by atoms with Crippen LogP contribution >= 0.6 is 0 Å². The van der Waals surface area contributed by atoms with Gasteiger partial charge in [0.15, 0.2) is 0 Å². The molecule has 2 amide bonds. The number of carbonyl (C=O) groups excluding carboxylic acids is 2. The van der Waals surface area contributed by atoms with E-state index in [0.717, 1.165) is 54.8 Å². The van der Waals surface area contributed by atoms with Crippen molar-refractivity contribution >= 4 is 11.8 Å². The standard InChI is InChI=1S/C27H31N3O3/c1-29(16-9-15-24-19-25(28-33-24)22-12-6-3-7-13-22)27(32)23-14-8-17-30(20-23)26(31)18-21-10-4-2-5-11-21/h2-7,10-13,19,23H,8-9,14-18,20H2,1H3. The van der Waals surface area contributed by atoms with Crippen molar-refractivity contribution in [1.29, 1.82) is 0 Å². The first-order chi connectivity index (χ1) is 16.1. The quantitative estimate of drug-likeness (QED) is 0.521. The first kappa shape index (κ1) is 22.8. The van der Waals surface area contributed by atoms with Crippen molar-refractivity contribution in [2.75, 3.05) is 26.7 Å². The van der Waals surface area contributed by atoms with Crippen molar-refractivity contribution < 1.29 is 14.1 Å². The molecular formula is C27H31N3O3. The summed E-state index contributed by atoms with van der Waals surface area (Å²) in [5, 5.41) is 4.15. The van der Waals surface area contributed by atoms with E-state index in [-0.39, 0.29) is 17.7 Å². The smallest absolute Gasteiger partial charge is 0.227 e. The van der Waals surface area contributed by atoms with Gasteiger partial charge in [-0.1, -0.05) is 65.8 Å². The zero-order valence-electron chi connectivity index (χ0n) is 19.2. The van der Waals surface area contributed by atoms with Crippen molar-refractivity contribution in [3.05, 3.63) is 78.1 Å². The molecule has 2 aromatic carbocycles. The van der Waals surface area contributed by atoms with Crippen molar-refractivity contribution in [2.45, 2.75) is 32.1 Å². The number of hydrogen-bond acceptors (Lipinski definition) is 4. The average molecular weight is 446 g/mol. The molecule has 6 nitrogen and oxygen atoms in total. The monoisotopic (exact) mass is 445 g/mol. The van der Waals surface area contributed by atoms with E-state index in [4.69, 9.17) is 4.52 Å². The van der Waals surface area contributed by atoms with Crippen LogP contribution in [0.15, 0.2) is 71.3 Å². The molecule has 6 heteroatoms. The molecule has 1 saturated heterocycles. The first-order valence-electron chi connectivity index (χ1n) is 11.7. The molecular weight excluding hydrogens is 414 g/mol. The van der Waals surface area contributed by atoms with Crippen LogP contribution in [0.4, 0.5) is 0 Å². The topological polar surface area (TPSA) is 66.7 Å². The average Bonchev–Trinajstić information content (AvgIpc) is 3.34. The van der Waals surface area contributed by atoms with Crippen LogP contribution in [0.25, 0.3) is 11.3 Å². The molecule has 3 aromatic rings. The predicted octanol–water partition coefficient (Wildman–Crippen LogP) is 4.21. The summed E-state index contributed by atoms with van der Waals surface area (Å²) in [4.78, 5) is 29.4. The molecule has 0 saturated carbocycles. The molecule has 1 atom stereocenters. The van der Waals surface area contributed by atoms with Crippen LogP contribution in [-0.4, -0.2) is 53.5 Å². The maximum absolute atomic E-state index is 13.0. The molecule has 1 aromatic heterocycles. The largest absolute Gasteiger partial charge is 0.361 e. The van der Waals surface area contributed by atoms with E-state index in [0.29, 0.717) is 19.5 Å². The molecule has 1 aliphatic rings. The van der Waals surface area contributed by atoms with E-state index in [1.54, 1.807) is 4.90 Å². The Morgan fingerprint density at radius 2 is 1.82 bits per heavy atom. The lowest BCUT2D eigenvalue weighted by molar-refractivity contribution is -0.139. The lowest BCUT2D eigenvalue weighted by Crippen LogP contribution is -2.46. The van der Waals surface area contributed by atoms with Gasteiger partial charge in [-0.2, -0.15) is 0 Å². The highest BCUT2D eigenvalue weighted by atomic mass is 16.5. The molecule has 172 valence electrons. The van der Waals surface area contributed by atoms with Gasteiger partial charge in [-0.25, -0.2) is 0 Å². The van der Waals surface area contributed by atoms with E-state index in [1.165, 1.54) is 0 Å². The van der Waals surface area contributed by atoms with Gasteiger partial charge < -0.3 is 14.3 Å². The Morgan fingerprint density at radius 3 is 2.58 bits per heavy atom. The summed E-state index contributed by atoms with van der Waals surface area (Å²) in [5.41, 5.74) is 2.87. The highest BCUT2D eigenvalue weighted by Gasteiger charge is 2.30. The molecule has 4 rings (SSSR count). The number of hydrogen-bond donors (Lipinski definition) is 0. The molecule has 0 bridgehead atoms. The number of aromatic nitrogens is 1. The van der Waals surface area contributed by atoms with Crippen molar-refractivity contribution in [2.24, 2.45) is 5.92 Å². The third-order valence-electron chi connectivity index (χ3n) is 6.24. The summed E-state index contributed by atoms with van der Waals surface area (Å²) in [6, 6.07) is 21.7. The van der Waals surface area contributed by atoms with Crippen molar-refractivity contribution in [3.8, 4) is 11.3 Å². The van der Waals surface area contributed by atoms with Gasteiger partial charge >= 0.3 is 0 Å². The highest BCUT2D eigenvalue weighted by Crippen LogP contribution is 2.21. The van der Waals surface area contributed by atoms with Crippen LogP contribution in [-0.2, 0) is 22.4 Å². The van der Waals surface area contributed by atoms with Gasteiger partial charge in [0.25, 0.3) is 0 Å². The Hall–Kier alpha value is -3.41. The van der Waals surface area contributed by atoms with E-state index >= 15 is 0 Å². The number of likely N-dealkylation sites (tertiary alicyclic amines) is 1. The minimum absolute atomic E-state index is 0.0980. The summed E-state index contributed by atoms with van der Waals surface area (Å²) in [7, 11) is 1.85. The second-order valence-electron chi connectivity index (χ2n) is 8.75. The normalized spacial score (nSPS) is 15.9. The number of aryl methyl sites for hydroxylation is 1. The molecule has 0 radical (unpaired) electrons. The molecule has 0 N–H and O–H groups in total. The maximum Gasteiger partial charge on any atom is 0.227 e. The van der Waals surface area contributed by atoms with E-state index in [9.17, 15) is 9.59 Å². The van der Waals surface area contributed by atoms with Crippen LogP contribution in [0.1, 0.15) is 30.6 Å². The predicted molar refractivity (Wildman–Crippen MR) is 127 cm³/mol. The lowest BCUT2D eigenvalue weighted by atomic mass is 9.96. The minimum atomic E-state index is -0.126. The minimum Gasteiger partial charge on any atom is -0.361 e. The molecule has 0 spiro atoms. The van der Waals surface area contributed by atoms with E-state index in [2.05, 4.69) is 5.16 Å². The summed E-state index contributed by atoms with van der Waals surface area (Å²) in [6.07, 6.45) is 3.62. The fourth-order valence-corrected chi connectivity index (χ4v) is 4.38. The Morgan fingerprint density at radius 1 is 1.09 bits per heavy atom. The number of nitrogens with zero attached hydrogens (tertiary/aromatic N) is 3. The second-order valence-corrected chi connectivity index (χ2v) is 8.75. The number of piperidine rings is 1. The number of rotatable bonds is 8. The van der Waals surface area contributed by atoms with E-state index < -0.39 is 0 Å². The summed E-state index contributed by atoms with van der Waals surface area (Å²) >= 11 is 0. The van der Waals surface area contributed by atoms with Gasteiger partial charge in [0, 0.05) is 44.7 Å². The van der Waals surface area contributed by atoms with Gasteiger partial charge in [0.1, 0.15) is 11.5 Å². The van der Waals surface area contributed by atoms with Crippen LogP contribution < -0.4 is 0 Å². The Bertz CT molecular complexity index is 1050. The van der Waals surface area contributed by atoms with Crippen LogP contribution in [0.5, 0.6) is 0 Å². The number of carbonyl (C=O) groups is 2. The Balaban J connectivity index is 1.24. The van der Waals surface area contributed by atoms with Gasteiger partial charge in [-0.3, -0.25) is 9.59 Å². The summed E-state index contributed by atoms with van der Waals surface area (Å²) in [6.45, 7) is 1.89. The zero-order chi connectivity index (χ0) is 23.0. The van der Waals surface area contributed by atoms with E-state index in [1.807, 2.05) is 78.7 Å². The van der Waals surface area contributed by atoms with Crippen molar-refractivity contribution in [3.63, 3.8) is 0 Å². The summed E-state index contributed by atoms with van der Waals surface area (Å²) < 4.78 is 5.47. The zero-order valence-corrected chi connectivity index (χ0v) is 19.2. The molecule has 1 fully saturated rings. The molecule has 33 heavy (non-hydrogen) atoms. The SMILES string of the molecule is CN(CCCc1cc(-c2ccccc2)no1)C(=O)C1CCCN(C(=O)Cc2ccccc2)C1. The van der Waals surface area contributed by atoms with Gasteiger partial charge in [-0.05, 0) is 24.8 Å². The lowest BCUT2D eigenvalue weighted by Gasteiger charge is -2.34. The third kappa shape index (κ3) is 6.09. The Labute approximate surface area is 195 Å². The molecule has 1 unspecified atom stereocenters. The number of amides is 2. The van der Waals surface area contributed by atoms with Crippen LogP contribution in [0, 0.1) is 5.92 Å². The molecule has 2 heterocycles. The fraction of sp³-hybridized carbons (Fsp3) is 0.370. The second kappa shape index (κ2) is 10.9. The highest BCUT2D eigenvalue weighted by molar-refractivity contribution is 5.82. The van der Waals surface area contributed by atoms with Gasteiger partial charge in [-0.15, -0.1) is 0 Å². The van der Waals surface area contributed by atoms with Gasteiger partial charge in [0.05, 0.1) is 12.3 Å². The Kier molecular flexibility index (Phi) is 7.55.